The van der Waals surface area contributed by atoms with E-state index >= 15 is 0 Å². The van der Waals surface area contributed by atoms with Crippen LogP contribution in [-0.4, -0.2) is 40.5 Å². The minimum atomic E-state index is -3.50. The minimum Gasteiger partial charge on any atom is -0.493 e. The number of ether oxygens (including phenoxy) is 2. The number of nitrogens with zero attached hydrogens (tertiary/aromatic N) is 1. The summed E-state index contributed by atoms with van der Waals surface area (Å²) in [7, 11) is 0.494. The lowest BCUT2D eigenvalue weighted by Gasteiger charge is -2.13. The molecule has 10 nitrogen and oxygen atoms in total. The molecular weight excluding hydrogens is 402 g/mol. The number of amides is 1. The lowest BCUT2D eigenvalue weighted by molar-refractivity contribution is -0.385. The molecule has 0 atom stereocenters. The first-order valence-corrected chi connectivity index (χ1v) is 10.0. The molecule has 0 radical (unpaired) electrons. The zero-order valence-corrected chi connectivity index (χ0v) is 16.9. The number of hydrogen-bond acceptors (Lipinski definition) is 7. The van der Waals surface area contributed by atoms with E-state index in [2.05, 4.69) is 10.0 Å². The number of sulfonamides is 1. The van der Waals surface area contributed by atoms with Crippen LogP contribution in [0.3, 0.4) is 0 Å². The normalized spacial score (nSPS) is 11.0. The van der Waals surface area contributed by atoms with Gasteiger partial charge in [-0.05, 0) is 18.2 Å². The fraction of sp³-hybridized carbons (Fsp3) is 0.278. The number of carbonyl (C=O) groups is 1. The van der Waals surface area contributed by atoms with Gasteiger partial charge in [0.25, 0.3) is 11.6 Å². The maximum atomic E-state index is 12.6. The van der Waals surface area contributed by atoms with E-state index in [-0.39, 0.29) is 29.4 Å². The third kappa shape index (κ3) is 5.42. The van der Waals surface area contributed by atoms with Crippen LogP contribution in [0.15, 0.2) is 36.4 Å². The number of nitro benzene ring substituents is 1. The van der Waals surface area contributed by atoms with Gasteiger partial charge in [-0.15, -0.1) is 0 Å². The van der Waals surface area contributed by atoms with Crippen molar-refractivity contribution in [2.24, 2.45) is 0 Å². The average molecular weight is 423 g/mol. The summed E-state index contributed by atoms with van der Waals surface area (Å²) in [5, 5.41) is 14.0. The molecule has 0 fully saturated rings. The molecule has 0 aromatic heterocycles. The fourth-order valence-electron chi connectivity index (χ4n) is 2.62. The summed E-state index contributed by atoms with van der Waals surface area (Å²) in [6.45, 7) is -0.0141. The van der Waals surface area contributed by atoms with Crippen molar-refractivity contribution in [1.82, 2.24) is 10.0 Å². The number of nitrogens with one attached hydrogen (secondary N) is 2. The van der Waals surface area contributed by atoms with Gasteiger partial charge in [0.2, 0.25) is 10.0 Å². The SMILES string of the molecule is CNS(=O)(=O)Cc1ccccc1CNC(=O)c1cc(OC)c(OC)cc1[N+](=O)[O-]. The van der Waals surface area contributed by atoms with Gasteiger partial charge < -0.3 is 14.8 Å². The summed E-state index contributed by atoms with van der Waals surface area (Å²) < 4.78 is 36.0. The van der Waals surface area contributed by atoms with Crippen molar-refractivity contribution in [2.75, 3.05) is 21.3 Å². The molecule has 29 heavy (non-hydrogen) atoms. The number of carbonyl (C=O) groups excluding carboxylic acids is 1. The van der Waals surface area contributed by atoms with Crippen LogP contribution in [-0.2, 0) is 22.3 Å². The Hall–Kier alpha value is -3.18. The number of nitro groups is 1. The van der Waals surface area contributed by atoms with Crippen LogP contribution < -0.4 is 19.5 Å². The molecule has 2 aromatic rings. The molecule has 2 rings (SSSR count). The molecule has 0 unspecified atom stereocenters. The average Bonchev–Trinajstić information content (AvgIpc) is 2.71. The summed E-state index contributed by atoms with van der Waals surface area (Å²) in [5.41, 5.74) is 0.436. The van der Waals surface area contributed by atoms with Crippen LogP contribution in [0.25, 0.3) is 0 Å². The number of rotatable bonds is 9. The molecule has 11 heteroatoms. The molecular formula is C18H21N3O7S. The molecule has 0 spiro atoms. The molecule has 2 aromatic carbocycles. The van der Waals surface area contributed by atoms with Crippen LogP contribution in [0, 0.1) is 10.1 Å². The lowest BCUT2D eigenvalue weighted by atomic mass is 10.1. The summed E-state index contributed by atoms with van der Waals surface area (Å²) in [6.07, 6.45) is 0. The second-order valence-electron chi connectivity index (χ2n) is 5.90. The van der Waals surface area contributed by atoms with Crippen molar-refractivity contribution in [3.8, 4) is 11.5 Å². The number of methoxy groups -OCH3 is 2. The van der Waals surface area contributed by atoms with Gasteiger partial charge in [-0.2, -0.15) is 0 Å². The highest BCUT2D eigenvalue weighted by Gasteiger charge is 2.24. The lowest BCUT2D eigenvalue weighted by Crippen LogP contribution is -2.25. The second kappa shape index (κ2) is 9.34. The monoisotopic (exact) mass is 423 g/mol. The third-order valence-electron chi connectivity index (χ3n) is 4.16. The van der Waals surface area contributed by atoms with Crippen LogP contribution in [0.1, 0.15) is 21.5 Å². The van der Waals surface area contributed by atoms with Crippen LogP contribution >= 0.6 is 0 Å². The van der Waals surface area contributed by atoms with Gasteiger partial charge in [0, 0.05) is 12.6 Å². The Balaban J connectivity index is 2.30. The van der Waals surface area contributed by atoms with Crippen molar-refractivity contribution in [1.29, 1.82) is 0 Å². The van der Waals surface area contributed by atoms with E-state index in [0.29, 0.717) is 11.1 Å². The van der Waals surface area contributed by atoms with E-state index in [4.69, 9.17) is 9.47 Å². The van der Waals surface area contributed by atoms with E-state index in [1.54, 1.807) is 24.3 Å². The molecule has 0 heterocycles. The highest BCUT2D eigenvalue weighted by Crippen LogP contribution is 2.34. The molecule has 0 aliphatic rings. The summed E-state index contributed by atoms with van der Waals surface area (Å²) in [6, 6.07) is 9.03. The van der Waals surface area contributed by atoms with Crippen molar-refractivity contribution >= 4 is 21.6 Å². The third-order valence-corrected chi connectivity index (χ3v) is 5.47. The quantitative estimate of drug-likeness (QED) is 0.461. The highest BCUT2D eigenvalue weighted by atomic mass is 32.2. The first-order valence-electron chi connectivity index (χ1n) is 8.39. The first-order chi connectivity index (χ1) is 13.7. The van der Waals surface area contributed by atoms with Crippen LogP contribution in [0.2, 0.25) is 0 Å². The summed E-state index contributed by atoms with van der Waals surface area (Å²) >= 11 is 0. The Morgan fingerprint density at radius 2 is 1.69 bits per heavy atom. The van der Waals surface area contributed by atoms with Crippen molar-refractivity contribution in [3.05, 3.63) is 63.2 Å². The van der Waals surface area contributed by atoms with Gasteiger partial charge in [0.15, 0.2) is 11.5 Å². The van der Waals surface area contributed by atoms with Gasteiger partial charge in [-0.1, -0.05) is 24.3 Å². The van der Waals surface area contributed by atoms with Crippen LogP contribution in [0.5, 0.6) is 11.5 Å². The molecule has 0 bridgehead atoms. The molecule has 0 aliphatic carbocycles. The topological polar surface area (TPSA) is 137 Å². The number of benzene rings is 2. The summed E-state index contributed by atoms with van der Waals surface area (Å²) in [5.74, 6) is -0.669. The predicted octanol–water partition coefficient (Wildman–Crippen LogP) is 1.59. The smallest absolute Gasteiger partial charge is 0.286 e. The van der Waals surface area contributed by atoms with E-state index in [0.717, 1.165) is 6.07 Å². The highest BCUT2D eigenvalue weighted by molar-refractivity contribution is 7.88. The van der Waals surface area contributed by atoms with E-state index < -0.39 is 26.5 Å². The van der Waals surface area contributed by atoms with E-state index in [1.165, 1.54) is 27.3 Å². The second-order valence-corrected chi connectivity index (χ2v) is 7.82. The van der Waals surface area contributed by atoms with Gasteiger partial charge in [-0.3, -0.25) is 14.9 Å². The van der Waals surface area contributed by atoms with E-state index in [9.17, 15) is 23.3 Å². The Kier molecular flexibility index (Phi) is 7.13. The first kappa shape index (κ1) is 22.1. The molecule has 156 valence electrons. The van der Waals surface area contributed by atoms with Crippen molar-refractivity contribution in [3.63, 3.8) is 0 Å². The molecule has 0 saturated carbocycles. The Morgan fingerprint density at radius 3 is 2.24 bits per heavy atom. The largest absolute Gasteiger partial charge is 0.493 e. The Bertz CT molecular complexity index is 1020. The Morgan fingerprint density at radius 1 is 1.10 bits per heavy atom. The minimum absolute atomic E-state index is 0.0141. The zero-order valence-electron chi connectivity index (χ0n) is 16.1. The fourth-order valence-corrected chi connectivity index (χ4v) is 3.45. The maximum Gasteiger partial charge on any atom is 0.286 e. The zero-order chi connectivity index (χ0) is 21.6. The standard InChI is InChI=1S/C18H21N3O7S/c1-19-29(25,26)11-13-7-5-4-6-12(13)10-20-18(22)14-8-16(27-2)17(28-3)9-15(14)21(23)24/h4-9,19H,10-11H2,1-3H3,(H,20,22). The van der Waals surface area contributed by atoms with Crippen molar-refractivity contribution in [2.45, 2.75) is 12.3 Å². The Labute approximate surface area is 168 Å². The number of hydrogen-bond donors (Lipinski definition) is 2. The summed E-state index contributed by atoms with van der Waals surface area (Å²) in [4.78, 5) is 23.3. The maximum absolute atomic E-state index is 12.6. The molecule has 1 amide bonds. The van der Waals surface area contributed by atoms with Gasteiger partial charge in [0.1, 0.15) is 5.56 Å². The van der Waals surface area contributed by atoms with Gasteiger partial charge >= 0.3 is 0 Å². The van der Waals surface area contributed by atoms with Gasteiger partial charge in [0.05, 0.1) is 31.0 Å². The molecule has 0 saturated heterocycles. The predicted molar refractivity (Wildman–Crippen MR) is 105 cm³/mol. The van der Waals surface area contributed by atoms with Gasteiger partial charge in [-0.25, -0.2) is 13.1 Å². The molecule has 2 N–H and O–H groups in total. The van der Waals surface area contributed by atoms with E-state index in [1.807, 2.05) is 0 Å². The van der Waals surface area contributed by atoms with Crippen molar-refractivity contribution < 1.29 is 27.6 Å². The van der Waals surface area contributed by atoms with Crippen LogP contribution in [0.4, 0.5) is 5.69 Å². The molecule has 0 aliphatic heterocycles.